The summed E-state index contributed by atoms with van der Waals surface area (Å²) in [4.78, 5) is 12.3. The van der Waals surface area contributed by atoms with Gasteiger partial charge in [-0.25, -0.2) is 9.97 Å². The molecule has 1 unspecified atom stereocenters. The first-order valence-corrected chi connectivity index (χ1v) is 10.8. The summed E-state index contributed by atoms with van der Waals surface area (Å²) in [7, 11) is 3.79. The second-order valence-electron chi connectivity index (χ2n) is 7.84. The molecule has 3 aromatic rings. The molecular weight excluding hydrogens is 440 g/mol. The minimum atomic E-state index is -0.583. The molecule has 1 aromatic heterocycles. The number of hydrogen-bond acceptors (Lipinski definition) is 8. The van der Waals surface area contributed by atoms with E-state index >= 15 is 0 Å². The van der Waals surface area contributed by atoms with Crippen LogP contribution in [0, 0.1) is 18.3 Å². The van der Waals surface area contributed by atoms with Crippen molar-refractivity contribution in [2.75, 3.05) is 44.0 Å². The van der Waals surface area contributed by atoms with E-state index < -0.39 is 6.10 Å². The van der Waals surface area contributed by atoms with E-state index in [-0.39, 0.29) is 13.2 Å². The standard InChI is InChI=1S/C24H27ClN6O2/c1-17-7-8-21(25)22(11-17)31(10-9-26)24-13-23(27-16-28-24)29-18-5-4-6-20(12-18)33-15-19(32)14-30(2)3/h4-8,11-13,16,19,32H,10,14-15H2,1-3H3,(H,27,28,29). The Hall–Kier alpha value is -3.38. The Kier molecular flexibility index (Phi) is 8.44. The highest BCUT2D eigenvalue weighted by atomic mass is 35.5. The highest BCUT2D eigenvalue weighted by molar-refractivity contribution is 6.33. The number of aryl methyl sites for hydroxylation is 1. The lowest BCUT2D eigenvalue weighted by molar-refractivity contribution is 0.0831. The third-order valence-corrected chi connectivity index (χ3v) is 4.99. The summed E-state index contributed by atoms with van der Waals surface area (Å²) >= 11 is 6.40. The van der Waals surface area contributed by atoms with Gasteiger partial charge in [0.2, 0.25) is 0 Å². The molecule has 0 saturated carbocycles. The van der Waals surface area contributed by atoms with E-state index in [1.807, 2.05) is 62.3 Å². The third kappa shape index (κ3) is 7.05. The molecular formula is C24H27ClN6O2. The van der Waals surface area contributed by atoms with Crippen molar-refractivity contribution in [2.24, 2.45) is 0 Å². The van der Waals surface area contributed by atoms with Crippen molar-refractivity contribution in [3.8, 4) is 11.8 Å². The van der Waals surface area contributed by atoms with Crippen molar-refractivity contribution >= 4 is 34.6 Å². The van der Waals surface area contributed by atoms with Gasteiger partial charge in [0.15, 0.2) is 0 Å². The van der Waals surface area contributed by atoms with Crippen molar-refractivity contribution in [3.63, 3.8) is 0 Å². The maximum absolute atomic E-state index is 10.0. The lowest BCUT2D eigenvalue weighted by Gasteiger charge is -2.22. The number of anilines is 4. The van der Waals surface area contributed by atoms with Crippen molar-refractivity contribution < 1.29 is 9.84 Å². The summed E-state index contributed by atoms with van der Waals surface area (Å²) in [6, 6.07) is 17.0. The number of benzene rings is 2. The maximum Gasteiger partial charge on any atom is 0.139 e. The number of nitrogens with zero attached hydrogens (tertiary/aromatic N) is 5. The molecule has 1 heterocycles. The van der Waals surface area contributed by atoms with E-state index in [4.69, 9.17) is 16.3 Å². The molecule has 0 saturated heterocycles. The molecule has 0 radical (unpaired) electrons. The number of nitrogens with one attached hydrogen (secondary N) is 1. The topological polar surface area (TPSA) is 97.5 Å². The average molecular weight is 467 g/mol. The number of likely N-dealkylation sites (N-methyl/N-ethyl adjacent to an activating group) is 1. The van der Waals surface area contributed by atoms with Gasteiger partial charge in [0.25, 0.3) is 0 Å². The Balaban J connectivity index is 1.77. The quantitative estimate of drug-likeness (QED) is 0.430. The third-order valence-electron chi connectivity index (χ3n) is 4.68. The van der Waals surface area contributed by atoms with Gasteiger partial charge in [-0.05, 0) is 50.8 Å². The second kappa shape index (κ2) is 11.5. The van der Waals surface area contributed by atoms with Gasteiger partial charge in [0.1, 0.15) is 43.0 Å². The maximum atomic E-state index is 10.0. The summed E-state index contributed by atoms with van der Waals surface area (Å²) in [6.07, 6.45) is 0.851. The molecule has 0 bridgehead atoms. The summed E-state index contributed by atoms with van der Waals surface area (Å²) in [5, 5.41) is 23.1. The Morgan fingerprint density at radius 2 is 2.00 bits per heavy atom. The number of aromatic nitrogens is 2. The minimum absolute atomic E-state index is 0.0816. The zero-order valence-electron chi connectivity index (χ0n) is 18.9. The van der Waals surface area contributed by atoms with E-state index in [9.17, 15) is 10.4 Å². The number of aliphatic hydroxyl groups is 1. The largest absolute Gasteiger partial charge is 0.491 e. The lowest BCUT2D eigenvalue weighted by atomic mass is 10.2. The number of rotatable bonds is 10. The van der Waals surface area contributed by atoms with E-state index in [1.54, 1.807) is 17.0 Å². The zero-order valence-corrected chi connectivity index (χ0v) is 19.6. The fraction of sp³-hybridized carbons (Fsp3) is 0.292. The first-order valence-electron chi connectivity index (χ1n) is 10.4. The Labute approximate surface area is 199 Å². The molecule has 0 aliphatic heterocycles. The van der Waals surface area contributed by atoms with Gasteiger partial charge in [-0.15, -0.1) is 0 Å². The van der Waals surface area contributed by atoms with Crippen molar-refractivity contribution in [2.45, 2.75) is 13.0 Å². The summed E-state index contributed by atoms with van der Waals surface area (Å²) in [6.45, 7) is 2.76. The molecule has 9 heteroatoms. The first-order chi connectivity index (χ1) is 15.9. The number of hydrogen-bond donors (Lipinski definition) is 2. The summed E-state index contributed by atoms with van der Waals surface area (Å²) in [5.74, 6) is 1.72. The summed E-state index contributed by atoms with van der Waals surface area (Å²) in [5.41, 5.74) is 2.49. The molecule has 0 aliphatic carbocycles. The van der Waals surface area contributed by atoms with Crippen molar-refractivity contribution in [3.05, 3.63) is 65.4 Å². The van der Waals surface area contributed by atoms with E-state index in [2.05, 4.69) is 21.4 Å². The van der Waals surface area contributed by atoms with Gasteiger partial charge in [0, 0.05) is 24.4 Å². The molecule has 2 N–H and O–H groups in total. The number of nitriles is 1. The minimum Gasteiger partial charge on any atom is -0.491 e. The summed E-state index contributed by atoms with van der Waals surface area (Å²) < 4.78 is 5.71. The predicted octanol–water partition coefficient (Wildman–Crippen LogP) is 4.15. The molecule has 8 nitrogen and oxygen atoms in total. The Morgan fingerprint density at radius 1 is 1.18 bits per heavy atom. The van der Waals surface area contributed by atoms with Gasteiger partial charge < -0.3 is 25.0 Å². The van der Waals surface area contributed by atoms with Crippen LogP contribution >= 0.6 is 11.6 Å². The van der Waals surface area contributed by atoms with Crippen LogP contribution in [0.4, 0.5) is 23.0 Å². The molecule has 0 spiro atoms. The molecule has 0 amide bonds. The SMILES string of the molecule is Cc1ccc(Cl)c(N(CC#N)c2cc(Nc3cccc(OCC(O)CN(C)C)c3)ncn2)c1. The van der Waals surface area contributed by atoms with Gasteiger partial charge in [-0.1, -0.05) is 23.7 Å². The van der Waals surface area contributed by atoms with Crippen LogP contribution in [0.15, 0.2) is 54.9 Å². The average Bonchev–Trinajstić information content (AvgIpc) is 2.78. The van der Waals surface area contributed by atoms with Crippen LogP contribution in [0.5, 0.6) is 5.75 Å². The van der Waals surface area contributed by atoms with Crippen LogP contribution in [-0.2, 0) is 0 Å². The molecule has 2 aromatic carbocycles. The first kappa shape index (κ1) is 24.3. The van der Waals surface area contributed by atoms with E-state index in [0.717, 1.165) is 11.3 Å². The van der Waals surface area contributed by atoms with Crippen molar-refractivity contribution in [1.29, 1.82) is 5.26 Å². The fourth-order valence-corrected chi connectivity index (χ4v) is 3.45. The second-order valence-corrected chi connectivity index (χ2v) is 8.25. The normalized spacial score (nSPS) is 11.7. The van der Waals surface area contributed by atoms with Crippen LogP contribution in [-0.4, -0.2) is 59.9 Å². The predicted molar refractivity (Wildman–Crippen MR) is 131 cm³/mol. The van der Waals surface area contributed by atoms with Gasteiger partial charge in [0.05, 0.1) is 16.8 Å². The molecule has 172 valence electrons. The van der Waals surface area contributed by atoms with E-state index in [1.165, 1.54) is 6.33 Å². The molecule has 1 atom stereocenters. The van der Waals surface area contributed by atoms with Crippen LogP contribution in [0.25, 0.3) is 0 Å². The van der Waals surface area contributed by atoms with Crippen molar-refractivity contribution in [1.82, 2.24) is 14.9 Å². The van der Waals surface area contributed by atoms with Crippen LogP contribution in [0.3, 0.4) is 0 Å². The fourth-order valence-electron chi connectivity index (χ4n) is 3.23. The highest BCUT2D eigenvalue weighted by Gasteiger charge is 2.15. The smallest absolute Gasteiger partial charge is 0.139 e. The van der Waals surface area contributed by atoms with Crippen LogP contribution in [0.2, 0.25) is 5.02 Å². The van der Waals surface area contributed by atoms with E-state index in [0.29, 0.717) is 34.6 Å². The number of aliphatic hydroxyl groups excluding tert-OH is 1. The number of halogens is 1. The molecule has 0 aliphatic rings. The van der Waals surface area contributed by atoms with Crippen LogP contribution < -0.4 is 15.0 Å². The monoisotopic (exact) mass is 466 g/mol. The Morgan fingerprint density at radius 3 is 2.76 bits per heavy atom. The molecule has 33 heavy (non-hydrogen) atoms. The number of ether oxygens (including phenoxy) is 1. The Bertz CT molecular complexity index is 1120. The van der Waals surface area contributed by atoms with Gasteiger partial charge in [-0.3, -0.25) is 0 Å². The van der Waals surface area contributed by atoms with Crippen LogP contribution in [0.1, 0.15) is 5.56 Å². The lowest BCUT2D eigenvalue weighted by Crippen LogP contribution is -2.30. The molecule has 3 rings (SSSR count). The molecule has 0 fully saturated rings. The van der Waals surface area contributed by atoms with Gasteiger partial charge >= 0.3 is 0 Å². The van der Waals surface area contributed by atoms with Gasteiger partial charge in [-0.2, -0.15) is 5.26 Å². The zero-order chi connectivity index (χ0) is 23.8. The highest BCUT2D eigenvalue weighted by Crippen LogP contribution is 2.32.